The lowest BCUT2D eigenvalue weighted by atomic mass is 9.78. The fourth-order valence-corrected chi connectivity index (χ4v) is 5.44. The monoisotopic (exact) mass is 476 g/mol. The Bertz CT molecular complexity index is 962. The first-order valence-electron chi connectivity index (χ1n) is 12.1. The quantitative estimate of drug-likeness (QED) is 0.678. The van der Waals surface area contributed by atoms with Crippen LogP contribution in [0.15, 0.2) is 18.2 Å². The standard InChI is InChI=1S/C25H31F3N4O2/c1-2-30-24(34)21-15-32(19-6-5-18(13-29)22(12-19)25(26,27)28)14-20(21)17-7-9-31(10-8-17)23(33)11-16-3-4-16/h5-6,12,16-17,20-21H,2-4,7-11,14-15H2,1H3,(H,30,34)/t20-,21+/m0/s1. The van der Waals surface area contributed by atoms with Gasteiger partial charge in [-0.2, -0.15) is 18.4 Å². The molecule has 4 rings (SSSR count). The van der Waals surface area contributed by atoms with E-state index < -0.39 is 17.3 Å². The van der Waals surface area contributed by atoms with Gasteiger partial charge in [-0.15, -0.1) is 0 Å². The molecule has 0 unspecified atom stereocenters. The molecule has 3 fully saturated rings. The van der Waals surface area contributed by atoms with E-state index in [1.165, 1.54) is 12.1 Å². The smallest absolute Gasteiger partial charge is 0.370 e. The first kappa shape index (κ1) is 24.4. The Labute approximate surface area is 198 Å². The van der Waals surface area contributed by atoms with Crippen LogP contribution in [0.2, 0.25) is 0 Å². The Morgan fingerprint density at radius 1 is 1.15 bits per heavy atom. The van der Waals surface area contributed by atoms with Crippen molar-refractivity contribution < 1.29 is 22.8 Å². The Balaban J connectivity index is 1.49. The summed E-state index contributed by atoms with van der Waals surface area (Å²) in [7, 11) is 0. The zero-order chi connectivity index (χ0) is 24.5. The van der Waals surface area contributed by atoms with Gasteiger partial charge in [0.1, 0.15) is 0 Å². The van der Waals surface area contributed by atoms with Gasteiger partial charge in [-0.3, -0.25) is 9.59 Å². The molecule has 0 spiro atoms. The molecule has 1 aromatic rings. The van der Waals surface area contributed by atoms with E-state index >= 15 is 0 Å². The van der Waals surface area contributed by atoms with Crippen LogP contribution in [0.3, 0.4) is 0 Å². The molecule has 1 N–H and O–H groups in total. The van der Waals surface area contributed by atoms with Gasteiger partial charge in [0.25, 0.3) is 0 Å². The van der Waals surface area contributed by atoms with Gasteiger partial charge in [-0.25, -0.2) is 0 Å². The molecule has 6 nitrogen and oxygen atoms in total. The van der Waals surface area contributed by atoms with Crippen LogP contribution in [0.5, 0.6) is 0 Å². The zero-order valence-electron chi connectivity index (χ0n) is 19.4. The summed E-state index contributed by atoms with van der Waals surface area (Å²) in [5.74, 6) is 0.576. The first-order valence-corrected chi connectivity index (χ1v) is 12.1. The molecule has 2 saturated heterocycles. The van der Waals surface area contributed by atoms with Gasteiger partial charge in [-0.1, -0.05) is 0 Å². The minimum atomic E-state index is -4.63. The largest absolute Gasteiger partial charge is 0.417 e. The fourth-order valence-electron chi connectivity index (χ4n) is 5.44. The molecular formula is C25H31F3N4O2. The van der Waals surface area contributed by atoms with Crippen LogP contribution in [-0.2, 0) is 15.8 Å². The SMILES string of the molecule is CCNC(=O)[C@@H]1CN(c2ccc(C#N)c(C(F)(F)F)c2)C[C@H]1C1CCN(C(=O)CC2CC2)CC1. The molecule has 1 aliphatic carbocycles. The highest BCUT2D eigenvalue weighted by molar-refractivity contribution is 5.80. The third-order valence-electron chi connectivity index (χ3n) is 7.51. The maximum Gasteiger partial charge on any atom is 0.417 e. The number of piperidine rings is 1. The predicted molar refractivity (Wildman–Crippen MR) is 121 cm³/mol. The van der Waals surface area contributed by atoms with Gasteiger partial charge < -0.3 is 15.1 Å². The summed E-state index contributed by atoms with van der Waals surface area (Å²) in [6.07, 6.45) is -0.125. The van der Waals surface area contributed by atoms with Gasteiger partial charge in [0.2, 0.25) is 11.8 Å². The number of rotatable bonds is 6. The molecule has 3 aliphatic rings. The maximum absolute atomic E-state index is 13.5. The number of alkyl halides is 3. The van der Waals surface area contributed by atoms with Crippen LogP contribution in [0.25, 0.3) is 0 Å². The van der Waals surface area contributed by atoms with Crippen molar-refractivity contribution in [1.29, 1.82) is 5.26 Å². The lowest BCUT2D eigenvalue weighted by Crippen LogP contribution is -2.43. The van der Waals surface area contributed by atoms with Crippen LogP contribution >= 0.6 is 0 Å². The maximum atomic E-state index is 13.5. The van der Waals surface area contributed by atoms with Crippen molar-refractivity contribution >= 4 is 17.5 Å². The second-order valence-corrected chi connectivity index (χ2v) is 9.78. The van der Waals surface area contributed by atoms with Crippen molar-refractivity contribution in [3.05, 3.63) is 29.3 Å². The highest BCUT2D eigenvalue weighted by Crippen LogP contribution is 2.40. The number of benzene rings is 1. The number of carbonyl (C=O) groups is 2. The highest BCUT2D eigenvalue weighted by Gasteiger charge is 2.43. The number of anilines is 1. The highest BCUT2D eigenvalue weighted by atomic mass is 19.4. The summed E-state index contributed by atoms with van der Waals surface area (Å²) in [6.45, 7) is 4.49. The van der Waals surface area contributed by atoms with E-state index in [1.54, 1.807) is 6.07 Å². The Kier molecular flexibility index (Phi) is 7.06. The number of carbonyl (C=O) groups excluding carboxylic acids is 2. The van der Waals surface area contributed by atoms with Crippen molar-refractivity contribution in [2.45, 2.75) is 45.2 Å². The molecule has 2 atom stereocenters. The van der Waals surface area contributed by atoms with E-state index in [9.17, 15) is 22.8 Å². The second kappa shape index (κ2) is 9.85. The topological polar surface area (TPSA) is 76.4 Å². The average Bonchev–Trinajstić information content (AvgIpc) is 3.52. The fraction of sp³-hybridized carbons (Fsp3) is 0.640. The van der Waals surface area contributed by atoms with E-state index in [0.717, 1.165) is 31.7 Å². The molecule has 34 heavy (non-hydrogen) atoms. The Morgan fingerprint density at radius 2 is 1.85 bits per heavy atom. The molecule has 0 bridgehead atoms. The third kappa shape index (κ3) is 5.31. The van der Waals surface area contributed by atoms with Crippen molar-refractivity contribution in [3.63, 3.8) is 0 Å². The van der Waals surface area contributed by atoms with E-state index in [1.807, 2.05) is 16.7 Å². The minimum Gasteiger partial charge on any atom is -0.370 e. The molecule has 2 heterocycles. The van der Waals surface area contributed by atoms with Gasteiger partial charge in [0.15, 0.2) is 0 Å². The van der Waals surface area contributed by atoms with E-state index in [0.29, 0.717) is 50.7 Å². The number of nitriles is 1. The summed E-state index contributed by atoms with van der Waals surface area (Å²) in [6, 6.07) is 5.38. The number of amides is 2. The number of hydrogen-bond donors (Lipinski definition) is 1. The molecule has 184 valence electrons. The number of hydrogen-bond acceptors (Lipinski definition) is 4. The Hall–Kier alpha value is -2.76. The normalized spacial score (nSPS) is 23.6. The molecule has 9 heteroatoms. The van der Waals surface area contributed by atoms with Crippen LogP contribution in [0, 0.1) is 35.0 Å². The molecule has 2 aliphatic heterocycles. The van der Waals surface area contributed by atoms with E-state index in [-0.39, 0.29) is 29.6 Å². The minimum absolute atomic E-state index is 0.00258. The number of nitrogens with one attached hydrogen (secondary N) is 1. The zero-order valence-corrected chi connectivity index (χ0v) is 19.4. The summed E-state index contributed by atoms with van der Waals surface area (Å²) >= 11 is 0. The summed E-state index contributed by atoms with van der Waals surface area (Å²) in [5.41, 5.74) is -0.983. The van der Waals surface area contributed by atoms with E-state index in [4.69, 9.17) is 5.26 Å². The van der Waals surface area contributed by atoms with Crippen molar-refractivity contribution in [2.24, 2.45) is 23.7 Å². The first-order chi connectivity index (χ1) is 16.2. The van der Waals surface area contributed by atoms with Gasteiger partial charge in [0, 0.05) is 44.8 Å². The third-order valence-corrected chi connectivity index (χ3v) is 7.51. The number of likely N-dealkylation sites (tertiary alicyclic amines) is 1. The average molecular weight is 477 g/mol. The van der Waals surface area contributed by atoms with Gasteiger partial charge in [0.05, 0.1) is 23.1 Å². The van der Waals surface area contributed by atoms with Crippen molar-refractivity contribution in [3.8, 4) is 6.07 Å². The molecular weight excluding hydrogens is 445 g/mol. The molecule has 1 saturated carbocycles. The van der Waals surface area contributed by atoms with E-state index in [2.05, 4.69) is 5.32 Å². The van der Waals surface area contributed by atoms with Gasteiger partial charge >= 0.3 is 6.18 Å². The molecule has 0 aromatic heterocycles. The van der Waals surface area contributed by atoms with Crippen LogP contribution in [-0.4, -0.2) is 49.4 Å². The van der Waals surface area contributed by atoms with Crippen molar-refractivity contribution in [1.82, 2.24) is 10.2 Å². The lowest BCUT2D eigenvalue weighted by molar-refractivity contribution is -0.137. The summed E-state index contributed by atoms with van der Waals surface area (Å²) in [5, 5.41) is 12.0. The van der Waals surface area contributed by atoms with Crippen LogP contribution in [0.4, 0.5) is 18.9 Å². The molecule has 2 amide bonds. The summed E-state index contributed by atoms with van der Waals surface area (Å²) < 4.78 is 40.5. The lowest BCUT2D eigenvalue weighted by Gasteiger charge is -2.36. The van der Waals surface area contributed by atoms with Crippen LogP contribution < -0.4 is 10.2 Å². The van der Waals surface area contributed by atoms with Gasteiger partial charge in [-0.05, 0) is 68.6 Å². The predicted octanol–water partition coefficient (Wildman–Crippen LogP) is 3.80. The Morgan fingerprint density at radius 3 is 2.44 bits per heavy atom. The number of nitrogens with zero attached hydrogens (tertiary/aromatic N) is 3. The number of halogens is 3. The van der Waals surface area contributed by atoms with Crippen LogP contribution in [0.1, 0.15) is 50.2 Å². The second-order valence-electron chi connectivity index (χ2n) is 9.78. The molecule has 0 radical (unpaired) electrons. The molecule has 1 aromatic carbocycles. The summed E-state index contributed by atoms with van der Waals surface area (Å²) in [4.78, 5) is 29.1. The van der Waals surface area contributed by atoms with Crippen molar-refractivity contribution in [2.75, 3.05) is 37.6 Å².